The highest BCUT2D eigenvalue weighted by Crippen LogP contribution is 2.30. The average Bonchev–Trinajstić information content (AvgIpc) is 2.95. The summed E-state index contributed by atoms with van der Waals surface area (Å²) in [5.74, 6) is 0.872. The molecule has 0 amide bonds. The molecule has 1 aliphatic carbocycles. The third-order valence-corrected chi connectivity index (χ3v) is 5.04. The van der Waals surface area contributed by atoms with Gasteiger partial charge in [-0.1, -0.05) is 50.1 Å². The van der Waals surface area contributed by atoms with Crippen LogP contribution < -0.4 is 0 Å². The van der Waals surface area contributed by atoms with Crippen molar-refractivity contribution in [3.63, 3.8) is 0 Å². The molecule has 1 saturated heterocycles. The maximum atomic E-state index is 6.10. The zero-order valence-corrected chi connectivity index (χ0v) is 12.6. The fourth-order valence-electron chi connectivity index (χ4n) is 3.82. The highest BCUT2D eigenvalue weighted by atomic mass is 16.5. The molecular formula is C18H27NO. The zero-order valence-electron chi connectivity index (χ0n) is 12.6. The predicted octanol–water partition coefficient (Wildman–Crippen LogP) is 3.86. The van der Waals surface area contributed by atoms with Crippen molar-refractivity contribution in [2.24, 2.45) is 5.92 Å². The zero-order chi connectivity index (χ0) is 13.8. The fraction of sp³-hybridized carbons (Fsp3) is 0.667. The monoisotopic (exact) mass is 273 g/mol. The van der Waals surface area contributed by atoms with Gasteiger partial charge in [-0.15, -0.1) is 0 Å². The SMILES string of the molecule is C[C@H]1CCCC[C@@H]1N1CC[C@H](OCc2ccccc2)C1. The molecule has 2 nitrogen and oxygen atoms in total. The number of hydrogen-bond donors (Lipinski definition) is 0. The lowest BCUT2D eigenvalue weighted by Crippen LogP contribution is -2.40. The van der Waals surface area contributed by atoms with Crippen molar-refractivity contribution in [1.82, 2.24) is 4.90 Å². The summed E-state index contributed by atoms with van der Waals surface area (Å²) in [7, 11) is 0. The van der Waals surface area contributed by atoms with Gasteiger partial charge in [0.25, 0.3) is 0 Å². The first kappa shape index (κ1) is 14.1. The summed E-state index contributed by atoms with van der Waals surface area (Å²) >= 11 is 0. The first-order valence-electron chi connectivity index (χ1n) is 8.22. The Morgan fingerprint density at radius 1 is 1.10 bits per heavy atom. The Balaban J connectivity index is 1.47. The van der Waals surface area contributed by atoms with Crippen LogP contribution in [0.1, 0.15) is 44.6 Å². The van der Waals surface area contributed by atoms with E-state index in [1.54, 1.807) is 0 Å². The normalized spacial score (nSPS) is 31.6. The number of likely N-dealkylation sites (tertiary alicyclic amines) is 1. The van der Waals surface area contributed by atoms with Crippen LogP contribution in [0.25, 0.3) is 0 Å². The van der Waals surface area contributed by atoms with E-state index in [0.717, 1.165) is 25.1 Å². The topological polar surface area (TPSA) is 12.5 Å². The molecule has 20 heavy (non-hydrogen) atoms. The van der Waals surface area contributed by atoms with Crippen LogP contribution in [0.3, 0.4) is 0 Å². The number of hydrogen-bond acceptors (Lipinski definition) is 2. The summed E-state index contributed by atoms with van der Waals surface area (Å²) in [4.78, 5) is 2.69. The van der Waals surface area contributed by atoms with E-state index in [0.29, 0.717) is 6.10 Å². The Bertz CT molecular complexity index is 405. The van der Waals surface area contributed by atoms with E-state index in [-0.39, 0.29) is 0 Å². The molecule has 2 aliphatic rings. The average molecular weight is 273 g/mol. The van der Waals surface area contributed by atoms with Crippen LogP contribution >= 0.6 is 0 Å². The maximum Gasteiger partial charge on any atom is 0.0721 e. The largest absolute Gasteiger partial charge is 0.372 e. The Labute approximate surface area is 123 Å². The van der Waals surface area contributed by atoms with Crippen molar-refractivity contribution < 1.29 is 4.74 Å². The molecule has 0 N–H and O–H groups in total. The van der Waals surface area contributed by atoms with Crippen molar-refractivity contribution in [2.75, 3.05) is 13.1 Å². The molecule has 0 bridgehead atoms. The molecule has 2 fully saturated rings. The van der Waals surface area contributed by atoms with Crippen LogP contribution in [0, 0.1) is 5.92 Å². The quantitative estimate of drug-likeness (QED) is 0.826. The van der Waals surface area contributed by atoms with Crippen LogP contribution in [0.4, 0.5) is 0 Å². The molecule has 1 heterocycles. The Morgan fingerprint density at radius 2 is 1.90 bits per heavy atom. The molecule has 0 unspecified atom stereocenters. The van der Waals surface area contributed by atoms with Crippen LogP contribution in [0.5, 0.6) is 0 Å². The number of benzene rings is 1. The second-order valence-corrected chi connectivity index (χ2v) is 6.53. The summed E-state index contributed by atoms with van der Waals surface area (Å²) < 4.78 is 6.10. The summed E-state index contributed by atoms with van der Waals surface area (Å²) in [6.45, 7) is 5.57. The van der Waals surface area contributed by atoms with Gasteiger partial charge in [0.15, 0.2) is 0 Å². The van der Waals surface area contributed by atoms with Gasteiger partial charge in [0.05, 0.1) is 12.7 Å². The smallest absolute Gasteiger partial charge is 0.0721 e. The summed E-state index contributed by atoms with van der Waals surface area (Å²) in [6, 6.07) is 11.3. The summed E-state index contributed by atoms with van der Waals surface area (Å²) in [6.07, 6.45) is 7.30. The van der Waals surface area contributed by atoms with Crippen molar-refractivity contribution in [2.45, 2.75) is 57.8 Å². The lowest BCUT2D eigenvalue weighted by molar-refractivity contribution is 0.0369. The van der Waals surface area contributed by atoms with Crippen molar-refractivity contribution >= 4 is 0 Å². The van der Waals surface area contributed by atoms with E-state index >= 15 is 0 Å². The highest BCUT2D eigenvalue weighted by Gasteiger charge is 2.32. The van der Waals surface area contributed by atoms with Crippen molar-refractivity contribution in [1.29, 1.82) is 0 Å². The second kappa shape index (κ2) is 6.73. The number of ether oxygens (including phenoxy) is 1. The van der Waals surface area contributed by atoms with E-state index < -0.39 is 0 Å². The predicted molar refractivity (Wildman–Crippen MR) is 82.6 cm³/mol. The highest BCUT2D eigenvalue weighted by molar-refractivity contribution is 5.13. The van der Waals surface area contributed by atoms with Gasteiger partial charge in [0, 0.05) is 19.1 Å². The molecule has 3 rings (SSSR count). The molecule has 1 aromatic carbocycles. The van der Waals surface area contributed by atoms with E-state index in [4.69, 9.17) is 4.74 Å². The van der Waals surface area contributed by atoms with Crippen LogP contribution in [-0.4, -0.2) is 30.1 Å². The number of rotatable bonds is 4. The van der Waals surface area contributed by atoms with Gasteiger partial charge >= 0.3 is 0 Å². The third kappa shape index (κ3) is 3.42. The van der Waals surface area contributed by atoms with Gasteiger partial charge in [0.1, 0.15) is 0 Å². The fourth-order valence-corrected chi connectivity index (χ4v) is 3.82. The summed E-state index contributed by atoms with van der Waals surface area (Å²) in [5, 5.41) is 0. The van der Waals surface area contributed by atoms with Gasteiger partial charge in [0.2, 0.25) is 0 Å². The third-order valence-electron chi connectivity index (χ3n) is 5.04. The Hall–Kier alpha value is -0.860. The van der Waals surface area contributed by atoms with Crippen LogP contribution in [-0.2, 0) is 11.3 Å². The standard InChI is InChI=1S/C18H27NO/c1-15-7-5-6-10-18(15)19-12-11-17(13-19)20-14-16-8-3-2-4-9-16/h2-4,8-9,15,17-18H,5-7,10-14H2,1H3/t15-,17-,18-/m0/s1. The lowest BCUT2D eigenvalue weighted by atomic mass is 9.85. The lowest BCUT2D eigenvalue weighted by Gasteiger charge is -2.36. The Morgan fingerprint density at radius 3 is 2.70 bits per heavy atom. The second-order valence-electron chi connectivity index (χ2n) is 6.53. The number of nitrogens with zero attached hydrogens (tertiary/aromatic N) is 1. The van der Waals surface area contributed by atoms with E-state index in [9.17, 15) is 0 Å². The molecule has 1 aromatic rings. The van der Waals surface area contributed by atoms with Gasteiger partial charge < -0.3 is 4.74 Å². The van der Waals surface area contributed by atoms with Crippen LogP contribution in [0.2, 0.25) is 0 Å². The van der Waals surface area contributed by atoms with Gasteiger partial charge in [-0.2, -0.15) is 0 Å². The molecule has 2 heteroatoms. The first-order valence-corrected chi connectivity index (χ1v) is 8.22. The van der Waals surface area contributed by atoms with Crippen molar-refractivity contribution in [3.05, 3.63) is 35.9 Å². The van der Waals surface area contributed by atoms with Gasteiger partial charge in [-0.05, 0) is 30.7 Å². The molecule has 110 valence electrons. The van der Waals surface area contributed by atoms with E-state index in [2.05, 4.69) is 42.2 Å². The van der Waals surface area contributed by atoms with E-state index in [1.165, 1.54) is 44.2 Å². The van der Waals surface area contributed by atoms with Gasteiger partial charge in [-0.3, -0.25) is 4.90 Å². The van der Waals surface area contributed by atoms with Crippen molar-refractivity contribution in [3.8, 4) is 0 Å². The van der Waals surface area contributed by atoms with Crippen LogP contribution in [0.15, 0.2) is 30.3 Å². The molecule has 0 spiro atoms. The molecule has 3 atom stereocenters. The maximum absolute atomic E-state index is 6.10. The minimum absolute atomic E-state index is 0.435. The first-order chi connectivity index (χ1) is 9.83. The molecule has 1 aliphatic heterocycles. The molecule has 0 radical (unpaired) electrons. The molecular weight excluding hydrogens is 246 g/mol. The van der Waals surface area contributed by atoms with Gasteiger partial charge in [-0.25, -0.2) is 0 Å². The molecule has 0 aromatic heterocycles. The summed E-state index contributed by atoms with van der Waals surface area (Å²) in [5.41, 5.74) is 1.29. The minimum atomic E-state index is 0.435. The Kier molecular flexibility index (Phi) is 4.74. The molecule has 1 saturated carbocycles. The van der Waals surface area contributed by atoms with E-state index in [1.807, 2.05) is 0 Å². The minimum Gasteiger partial charge on any atom is -0.372 e.